The Morgan fingerprint density at radius 3 is 2.76 bits per heavy atom. The number of primary amides is 1. The molecule has 0 radical (unpaired) electrons. The summed E-state index contributed by atoms with van der Waals surface area (Å²) >= 11 is 0. The van der Waals surface area contributed by atoms with Gasteiger partial charge in [-0.15, -0.1) is 0 Å². The number of aromatic nitrogens is 2. The number of nitrogens with zero attached hydrogens (tertiary/aromatic N) is 3. The van der Waals surface area contributed by atoms with E-state index in [9.17, 15) is 9.59 Å². The third-order valence-electron chi connectivity index (χ3n) is 4.48. The van der Waals surface area contributed by atoms with Gasteiger partial charge in [-0.3, -0.25) is 9.59 Å². The molecule has 0 aliphatic carbocycles. The molecule has 1 aromatic carbocycles. The van der Waals surface area contributed by atoms with Gasteiger partial charge in [-0.1, -0.05) is 18.2 Å². The molecule has 1 atom stereocenters. The van der Waals surface area contributed by atoms with Gasteiger partial charge in [0.15, 0.2) is 5.69 Å². The van der Waals surface area contributed by atoms with Crippen molar-refractivity contribution in [3.05, 3.63) is 47.8 Å². The third-order valence-corrected chi connectivity index (χ3v) is 4.48. The summed E-state index contributed by atoms with van der Waals surface area (Å²) in [6.45, 7) is 2.29. The van der Waals surface area contributed by atoms with E-state index in [1.165, 1.54) is 10.7 Å². The summed E-state index contributed by atoms with van der Waals surface area (Å²) in [7, 11) is 1.92. The fourth-order valence-electron chi connectivity index (χ4n) is 3.29. The first-order chi connectivity index (χ1) is 12.1. The zero-order valence-corrected chi connectivity index (χ0v) is 14.3. The number of piperidine rings is 1. The van der Waals surface area contributed by atoms with Crippen LogP contribution >= 0.6 is 0 Å². The van der Waals surface area contributed by atoms with Crippen LogP contribution in [0.15, 0.2) is 36.4 Å². The van der Waals surface area contributed by atoms with Gasteiger partial charge < -0.3 is 16.0 Å². The minimum atomic E-state index is -0.609. The molecular formula is C18H23N5O2. The first-order valence-electron chi connectivity index (χ1n) is 8.49. The number of hydrogen-bond donors (Lipinski definition) is 2. The lowest BCUT2D eigenvalue weighted by Crippen LogP contribution is -2.42. The van der Waals surface area contributed by atoms with Crippen molar-refractivity contribution in [2.45, 2.75) is 12.8 Å². The first kappa shape index (κ1) is 17.2. The predicted octanol–water partition coefficient (Wildman–Crippen LogP) is 1.04. The minimum Gasteiger partial charge on any atom is -0.364 e. The Bertz CT molecular complexity index is 754. The highest BCUT2D eigenvalue weighted by Crippen LogP contribution is 2.19. The van der Waals surface area contributed by atoms with Crippen LogP contribution in [0.1, 0.15) is 33.8 Å². The van der Waals surface area contributed by atoms with Crippen LogP contribution in [0.3, 0.4) is 0 Å². The molecule has 7 nitrogen and oxygen atoms in total. The number of rotatable bonds is 5. The van der Waals surface area contributed by atoms with E-state index in [4.69, 9.17) is 5.73 Å². The molecule has 25 heavy (non-hydrogen) atoms. The molecule has 132 valence electrons. The van der Waals surface area contributed by atoms with Crippen molar-refractivity contribution >= 4 is 11.8 Å². The van der Waals surface area contributed by atoms with Gasteiger partial charge >= 0.3 is 0 Å². The topological polar surface area (TPSA) is 93.3 Å². The molecule has 0 spiro atoms. The van der Waals surface area contributed by atoms with Gasteiger partial charge in [-0.05, 0) is 44.5 Å². The smallest absolute Gasteiger partial charge is 0.274 e. The number of para-hydroxylation sites is 1. The SMILES string of the molecule is CNCC1CCCN(C(=O)c2cc(C(N)=O)n(-c3ccccc3)n2)C1. The van der Waals surface area contributed by atoms with Crippen LogP contribution in [-0.4, -0.2) is 53.2 Å². The Hall–Kier alpha value is -2.67. The minimum absolute atomic E-state index is 0.155. The molecule has 2 amide bonds. The first-order valence-corrected chi connectivity index (χ1v) is 8.49. The van der Waals surface area contributed by atoms with Crippen molar-refractivity contribution in [1.82, 2.24) is 20.0 Å². The van der Waals surface area contributed by atoms with Crippen LogP contribution in [-0.2, 0) is 0 Å². The van der Waals surface area contributed by atoms with E-state index in [-0.39, 0.29) is 17.3 Å². The van der Waals surface area contributed by atoms with E-state index in [0.29, 0.717) is 24.7 Å². The van der Waals surface area contributed by atoms with Crippen LogP contribution in [0.2, 0.25) is 0 Å². The maximum atomic E-state index is 12.8. The Labute approximate surface area is 146 Å². The lowest BCUT2D eigenvalue weighted by Gasteiger charge is -2.32. The predicted molar refractivity (Wildman–Crippen MR) is 94.6 cm³/mol. The molecule has 0 saturated carbocycles. The average Bonchev–Trinajstić information content (AvgIpc) is 3.08. The van der Waals surface area contributed by atoms with Crippen molar-refractivity contribution in [3.8, 4) is 5.69 Å². The molecule has 1 aliphatic heterocycles. The molecule has 3 rings (SSSR count). The number of benzene rings is 1. The number of nitrogens with two attached hydrogens (primary N) is 1. The molecule has 1 aliphatic rings. The molecule has 2 aromatic rings. The molecule has 1 aromatic heterocycles. The molecule has 0 bridgehead atoms. The number of nitrogens with one attached hydrogen (secondary N) is 1. The van der Waals surface area contributed by atoms with Crippen LogP contribution in [0, 0.1) is 5.92 Å². The van der Waals surface area contributed by atoms with Gasteiger partial charge in [-0.2, -0.15) is 5.10 Å². The van der Waals surface area contributed by atoms with Crippen molar-refractivity contribution in [3.63, 3.8) is 0 Å². The highest BCUT2D eigenvalue weighted by Gasteiger charge is 2.27. The van der Waals surface area contributed by atoms with Gasteiger partial charge in [0.2, 0.25) is 0 Å². The van der Waals surface area contributed by atoms with Gasteiger partial charge in [-0.25, -0.2) is 4.68 Å². The molecule has 2 heterocycles. The van der Waals surface area contributed by atoms with Crippen molar-refractivity contribution < 1.29 is 9.59 Å². The summed E-state index contributed by atoms with van der Waals surface area (Å²) in [6.07, 6.45) is 2.08. The zero-order chi connectivity index (χ0) is 17.8. The monoisotopic (exact) mass is 341 g/mol. The van der Waals surface area contributed by atoms with E-state index < -0.39 is 5.91 Å². The summed E-state index contributed by atoms with van der Waals surface area (Å²) in [5.74, 6) is -0.324. The van der Waals surface area contributed by atoms with Crippen molar-refractivity contribution in [1.29, 1.82) is 0 Å². The quantitative estimate of drug-likeness (QED) is 0.850. The molecule has 1 fully saturated rings. The summed E-state index contributed by atoms with van der Waals surface area (Å²) in [5.41, 5.74) is 6.63. The standard InChI is InChI=1S/C18H23N5O2/c1-20-11-13-6-5-9-22(12-13)18(25)15-10-16(17(19)24)23(21-15)14-7-3-2-4-8-14/h2-4,7-8,10,13,20H,5-6,9,11-12H2,1H3,(H2,19,24). The number of carbonyl (C=O) groups excluding carboxylic acids is 2. The van der Waals surface area contributed by atoms with Gasteiger partial charge in [0.05, 0.1) is 5.69 Å². The van der Waals surface area contributed by atoms with E-state index in [1.54, 1.807) is 0 Å². The van der Waals surface area contributed by atoms with Crippen LogP contribution in [0.25, 0.3) is 5.69 Å². The Morgan fingerprint density at radius 2 is 2.08 bits per heavy atom. The maximum Gasteiger partial charge on any atom is 0.274 e. The second-order valence-corrected chi connectivity index (χ2v) is 6.34. The molecule has 3 N–H and O–H groups in total. The fraction of sp³-hybridized carbons (Fsp3) is 0.389. The largest absolute Gasteiger partial charge is 0.364 e. The van der Waals surface area contributed by atoms with Crippen LogP contribution in [0.4, 0.5) is 0 Å². The second kappa shape index (κ2) is 7.48. The summed E-state index contributed by atoms with van der Waals surface area (Å²) in [5, 5.41) is 7.52. The van der Waals surface area contributed by atoms with Gasteiger partial charge in [0.1, 0.15) is 5.69 Å². The zero-order valence-electron chi connectivity index (χ0n) is 14.3. The normalized spacial score (nSPS) is 17.5. The van der Waals surface area contributed by atoms with Crippen molar-refractivity contribution in [2.24, 2.45) is 11.7 Å². The van der Waals surface area contributed by atoms with Gasteiger partial charge in [0, 0.05) is 19.2 Å². The average molecular weight is 341 g/mol. The van der Waals surface area contributed by atoms with Gasteiger partial charge in [0.25, 0.3) is 11.8 Å². The number of amides is 2. The highest BCUT2D eigenvalue weighted by atomic mass is 16.2. The van der Waals surface area contributed by atoms with E-state index in [1.807, 2.05) is 42.3 Å². The van der Waals surface area contributed by atoms with Crippen LogP contribution < -0.4 is 11.1 Å². The van der Waals surface area contributed by atoms with E-state index in [0.717, 1.165) is 19.4 Å². The maximum absolute atomic E-state index is 12.8. The summed E-state index contributed by atoms with van der Waals surface area (Å²) < 4.78 is 1.44. The lowest BCUT2D eigenvalue weighted by molar-refractivity contribution is 0.0667. The number of carbonyl (C=O) groups is 2. The highest BCUT2D eigenvalue weighted by molar-refractivity contribution is 5.97. The Balaban J connectivity index is 1.87. The summed E-state index contributed by atoms with van der Waals surface area (Å²) in [6, 6.07) is 10.7. The number of likely N-dealkylation sites (tertiary alicyclic amines) is 1. The molecule has 1 unspecified atom stereocenters. The van der Waals surface area contributed by atoms with Crippen LogP contribution in [0.5, 0.6) is 0 Å². The second-order valence-electron chi connectivity index (χ2n) is 6.34. The molecular weight excluding hydrogens is 318 g/mol. The number of hydrogen-bond acceptors (Lipinski definition) is 4. The fourth-order valence-corrected chi connectivity index (χ4v) is 3.29. The van der Waals surface area contributed by atoms with Crippen molar-refractivity contribution in [2.75, 3.05) is 26.7 Å². The third kappa shape index (κ3) is 3.71. The van der Waals surface area contributed by atoms with E-state index in [2.05, 4.69) is 10.4 Å². The summed E-state index contributed by atoms with van der Waals surface area (Å²) in [4.78, 5) is 26.4. The molecule has 1 saturated heterocycles. The lowest BCUT2D eigenvalue weighted by atomic mass is 9.98. The molecule has 7 heteroatoms. The Morgan fingerprint density at radius 1 is 1.32 bits per heavy atom. The Kier molecular flexibility index (Phi) is 5.14. The van der Waals surface area contributed by atoms with E-state index >= 15 is 0 Å².